The van der Waals surface area contributed by atoms with Crippen molar-refractivity contribution in [1.82, 2.24) is 0 Å². The van der Waals surface area contributed by atoms with Crippen LogP contribution in [0.25, 0.3) is 0 Å². The quantitative estimate of drug-likeness (QED) is 0.259. The van der Waals surface area contributed by atoms with Crippen LogP contribution in [0.15, 0.2) is 0 Å². The first-order chi connectivity index (χ1) is 4.25. The van der Waals surface area contributed by atoms with Gasteiger partial charge in [-0.2, -0.15) is 6.42 Å². The van der Waals surface area contributed by atoms with Crippen molar-refractivity contribution in [1.29, 1.82) is 0 Å². The minimum Gasteiger partial charge on any atom is -1.00 e. The predicted molar refractivity (Wildman–Crippen MR) is 47.8 cm³/mol. The molecule has 0 radical (unpaired) electrons. The number of ether oxygens (including phenoxy) is 1. The fourth-order valence-electron chi connectivity index (χ4n) is 0.590. The second-order valence-corrected chi connectivity index (χ2v) is 3.34. The molecule has 0 aliphatic heterocycles. The van der Waals surface area contributed by atoms with Gasteiger partial charge in [-0.1, -0.05) is 5.92 Å². The molecule has 11 heavy (non-hydrogen) atoms. The van der Waals surface area contributed by atoms with Gasteiger partial charge in [0, 0.05) is 0 Å². The summed E-state index contributed by atoms with van der Waals surface area (Å²) in [4.78, 5) is 10.8. The molecule has 1 aliphatic rings. The average molecular weight is 299 g/mol. The minimum absolute atomic E-state index is 0. The van der Waals surface area contributed by atoms with Gasteiger partial charge in [0.15, 0.2) is 0 Å². The van der Waals surface area contributed by atoms with Crippen LogP contribution in [0.4, 0.5) is 0 Å². The van der Waals surface area contributed by atoms with Gasteiger partial charge < -0.3 is 39.7 Å². The molecule has 1 atom stereocenters. The SMILES string of the molecule is CCOC(=O)[C@H]1C[C-]1I.[Cl-].[Mg+2]. The Labute approximate surface area is 103 Å². The van der Waals surface area contributed by atoms with Crippen LogP contribution in [-0.2, 0) is 9.53 Å². The Balaban J connectivity index is 0. The summed E-state index contributed by atoms with van der Waals surface area (Å²) >= 11 is 2.19. The number of esters is 1. The molecule has 1 rings (SSSR count). The molecule has 5 heteroatoms. The van der Waals surface area contributed by atoms with E-state index in [1.165, 1.54) is 3.92 Å². The molecule has 0 saturated heterocycles. The summed E-state index contributed by atoms with van der Waals surface area (Å²) in [6, 6.07) is 0. The molecule has 0 bridgehead atoms. The van der Waals surface area contributed by atoms with Crippen LogP contribution < -0.4 is 12.4 Å². The van der Waals surface area contributed by atoms with Crippen molar-refractivity contribution in [3.8, 4) is 0 Å². The molecule has 0 heterocycles. The smallest absolute Gasteiger partial charge is 1.00 e. The van der Waals surface area contributed by atoms with Gasteiger partial charge in [0.1, 0.15) is 0 Å². The van der Waals surface area contributed by atoms with E-state index in [1.807, 2.05) is 6.92 Å². The Morgan fingerprint density at radius 2 is 2.27 bits per heavy atom. The fraction of sp³-hybridized carbons (Fsp3) is 0.667. The average Bonchev–Trinajstić information content (AvgIpc) is 2.47. The van der Waals surface area contributed by atoms with Crippen LogP contribution in [0, 0.1) is 9.84 Å². The Morgan fingerprint density at radius 3 is 2.55 bits per heavy atom. The van der Waals surface area contributed by atoms with E-state index in [-0.39, 0.29) is 47.3 Å². The van der Waals surface area contributed by atoms with Crippen LogP contribution in [-0.4, -0.2) is 35.6 Å². The summed E-state index contributed by atoms with van der Waals surface area (Å²) < 4.78 is 6.00. The zero-order chi connectivity index (χ0) is 6.85. The Hall–Kier alpha value is 1.26. The number of rotatable bonds is 2. The molecule has 0 N–H and O–H groups in total. The molecular weight excluding hydrogens is 291 g/mol. The van der Waals surface area contributed by atoms with E-state index in [0.29, 0.717) is 6.61 Å². The summed E-state index contributed by atoms with van der Waals surface area (Å²) in [5, 5.41) is 0. The molecule has 0 aromatic heterocycles. The van der Waals surface area contributed by atoms with Crippen molar-refractivity contribution in [2.75, 3.05) is 6.61 Å². The number of hydrogen-bond acceptors (Lipinski definition) is 2. The van der Waals surface area contributed by atoms with E-state index in [2.05, 4.69) is 22.6 Å². The molecule has 60 valence electrons. The largest absolute Gasteiger partial charge is 2.00 e. The van der Waals surface area contributed by atoms with E-state index in [9.17, 15) is 4.79 Å². The molecular formula is C6H8ClIMgO2. The first-order valence-electron chi connectivity index (χ1n) is 2.93. The normalized spacial score (nSPS) is 21.1. The summed E-state index contributed by atoms with van der Waals surface area (Å²) in [5.74, 6) is 0.0763. The summed E-state index contributed by atoms with van der Waals surface area (Å²) in [5.41, 5.74) is 0. The maximum atomic E-state index is 10.8. The Bertz CT molecular complexity index is 134. The van der Waals surface area contributed by atoms with Crippen molar-refractivity contribution in [3.05, 3.63) is 3.92 Å². The number of hydrogen-bond donors (Lipinski definition) is 0. The third-order valence-electron chi connectivity index (χ3n) is 1.19. The predicted octanol–water partition coefficient (Wildman–Crippen LogP) is -1.84. The van der Waals surface area contributed by atoms with Gasteiger partial charge in [0.2, 0.25) is 0 Å². The van der Waals surface area contributed by atoms with Crippen LogP contribution in [0.3, 0.4) is 0 Å². The van der Waals surface area contributed by atoms with Crippen molar-refractivity contribution in [2.24, 2.45) is 5.92 Å². The van der Waals surface area contributed by atoms with Gasteiger partial charge in [0.25, 0.3) is 5.97 Å². The first kappa shape index (κ1) is 14.8. The molecule has 2 nitrogen and oxygen atoms in total. The van der Waals surface area contributed by atoms with E-state index in [0.717, 1.165) is 6.42 Å². The van der Waals surface area contributed by atoms with Crippen LogP contribution in [0.2, 0.25) is 0 Å². The van der Waals surface area contributed by atoms with E-state index in [4.69, 9.17) is 4.74 Å². The molecule has 1 aliphatic carbocycles. The molecule has 0 aromatic rings. The minimum atomic E-state index is -0.0538. The molecule has 0 spiro atoms. The molecule has 0 aromatic carbocycles. The van der Waals surface area contributed by atoms with Gasteiger partial charge in [-0.3, -0.25) is 4.79 Å². The van der Waals surface area contributed by atoms with E-state index < -0.39 is 0 Å². The number of carbonyl (C=O) groups is 1. The van der Waals surface area contributed by atoms with E-state index in [1.54, 1.807) is 0 Å². The van der Waals surface area contributed by atoms with Crippen molar-refractivity contribution < 1.29 is 21.9 Å². The summed E-state index contributed by atoms with van der Waals surface area (Å²) in [6.45, 7) is 2.33. The molecule has 1 fully saturated rings. The van der Waals surface area contributed by atoms with Gasteiger partial charge in [-0.15, -0.1) is 0 Å². The maximum Gasteiger partial charge on any atom is 2.00 e. The Kier molecular flexibility index (Phi) is 9.04. The van der Waals surface area contributed by atoms with Gasteiger partial charge in [-0.05, 0) is 6.92 Å². The fourth-order valence-corrected chi connectivity index (χ4v) is 1.28. The molecule has 0 unspecified atom stereocenters. The third-order valence-corrected chi connectivity index (χ3v) is 2.38. The molecule has 0 amide bonds. The standard InChI is InChI=1S/C6H8IO2.ClH.Mg/c1-2-9-6(8)4-3-5(4)7;;/h4H,2-3H2,1H3;1H;/q-1;;+2/p-1/t4-;;/m0../s1. The van der Waals surface area contributed by atoms with Gasteiger partial charge >= 0.3 is 23.1 Å². The monoisotopic (exact) mass is 298 g/mol. The third kappa shape index (κ3) is 4.75. The zero-order valence-electron chi connectivity index (χ0n) is 6.27. The zero-order valence-corrected chi connectivity index (χ0v) is 10.6. The Morgan fingerprint density at radius 1 is 1.82 bits per heavy atom. The van der Waals surface area contributed by atoms with Crippen molar-refractivity contribution >= 4 is 51.6 Å². The van der Waals surface area contributed by atoms with Gasteiger partial charge in [0.05, 0.1) is 6.61 Å². The second kappa shape index (κ2) is 6.74. The van der Waals surface area contributed by atoms with Crippen LogP contribution in [0.1, 0.15) is 13.3 Å². The van der Waals surface area contributed by atoms with Crippen molar-refractivity contribution in [3.63, 3.8) is 0 Å². The second-order valence-electron chi connectivity index (χ2n) is 1.96. The number of halogens is 2. The van der Waals surface area contributed by atoms with Crippen LogP contribution in [0.5, 0.6) is 0 Å². The number of carbonyl (C=O) groups excluding carboxylic acids is 1. The molecule has 1 saturated carbocycles. The summed E-state index contributed by atoms with van der Waals surface area (Å²) in [6.07, 6.45) is 0.930. The van der Waals surface area contributed by atoms with Crippen LogP contribution >= 0.6 is 22.6 Å². The van der Waals surface area contributed by atoms with Crippen molar-refractivity contribution in [2.45, 2.75) is 13.3 Å². The summed E-state index contributed by atoms with van der Waals surface area (Å²) in [7, 11) is 0. The first-order valence-corrected chi connectivity index (χ1v) is 4.01. The maximum absolute atomic E-state index is 10.8. The van der Waals surface area contributed by atoms with Gasteiger partial charge in [-0.25, -0.2) is 3.92 Å². The van der Waals surface area contributed by atoms with E-state index >= 15 is 0 Å². The topological polar surface area (TPSA) is 26.3 Å².